The highest BCUT2D eigenvalue weighted by Gasteiger charge is 2.32. The molecule has 1 aliphatic carbocycles. The largest absolute Gasteiger partial charge is 0.500 e. The molecule has 3 heteroatoms. The Labute approximate surface area is 159 Å². The zero-order chi connectivity index (χ0) is 19.1. The summed E-state index contributed by atoms with van der Waals surface area (Å²) >= 11 is 0. The number of rotatable bonds is 3. The summed E-state index contributed by atoms with van der Waals surface area (Å²) in [5.41, 5.74) is 6.55. The van der Waals surface area contributed by atoms with Crippen molar-refractivity contribution in [2.24, 2.45) is 0 Å². The number of aryl methyl sites for hydroxylation is 3. The number of methoxy groups -OCH3 is 1. The van der Waals surface area contributed by atoms with Crippen LogP contribution < -0.4 is 0 Å². The van der Waals surface area contributed by atoms with Gasteiger partial charge in [-0.3, -0.25) is 4.79 Å². The van der Waals surface area contributed by atoms with Crippen LogP contribution in [0.25, 0.3) is 22.6 Å². The smallest absolute Gasteiger partial charge is 0.193 e. The van der Waals surface area contributed by atoms with E-state index in [1.807, 2.05) is 50.3 Å². The van der Waals surface area contributed by atoms with E-state index in [-0.39, 0.29) is 5.78 Å². The number of fused-ring (bicyclic) bond motifs is 1. The highest BCUT2D eigenvalue weighted by atomic mass is 16.5. The molecule has 3 aromatic rings. The molecule has 1 heterocycles. The van der Waals surface area contributed by atoms with E-state index in [1.54, 1.807) is 7.11 Å². The molecule has 1 aliphatic rings. The molecule has 0 N–H and O–H groups in total. The van der Waals surface area contributed by atoms with Gasteiger partial charge < -0.3 is 9.15 Å². The number of furan rings is 1. The zero-order valence-corrected chi connectivity index (χ0v) is 16.1. The molecule has 0 saturated carbocycles. The molecule has 4 rings (SSSR count). The maximum atomic E-state index is 13.2. The molecule has 0 saturated heterocycles. The molecule has 0 bridgehead atoms. The molecule has 1 aromatic heterocycles. The van der Waals surface area contributed by atoms with E-state index < -0.39 is 0 Å². The van der Waals surface area contributed by atoms with E-state index in [1.165, 1.54) is 5.56 Å². The standard InChI is InChI=1S/C24H22O3/c1-14-9-15(2)22(16(3)10-14)23-21(26-4)13-18(24(23)25)12-19-11-17-7-5-6-8-20(17)27-19/h5-12H,13H2,1-4H3/b18-12+. The first-order valence-corrected chi connectivity index (χ1v) is 9.07. The third-order valence-electron chi connectivity index (χ3n) is 5.08. The average molecular weight is 358 g/mol. The fraction of sp³-hybridized carbons (Fsp3) is 0.208. The number of carbonyl (C=O) groups is 1. The lowest BCUT2D eigenvalue weighted by atomic mass is 9.92. The first-order chi connectivity index (χ1) is 13.0. The van der Waals surface area contributed by atoms with Crippen molar-refractivity contribution < 1.29 is 13.9 Å². The number of Topliss-reactive ketones (excluding diaryl/α,β-unsaturated/α-hetero) is 1. The SMILES string of the molecule is COC1=C(c2c(C)cc(C)cc2C)C(=O)/C(=C/c2cc3ccccc3o2)C1. The second kappa shape index (κ2) is 6.58. The van der Waals surface area contributed by atoms with E-state index >= 15 is 0 Å². The second-order valence-corrected chi connectivity index (χ2v) is 7.14. The Balaban J connectivity index is 1.78. The summed E-state index contributed by atoms with van der Waals surface area (Å²) < 4.78 is 11.5. The van der Waals surface area contributed by atoms with Crippen molar-refractivity contribution in [3.05, 3.63) is 81.8 Å². The van der Waals surface area contributed by atoms with Gasteiger partial charge in [-0.15, -0.1) is 0 Å². The predicted octanol–water partition coefficient (Wildman–Crippen LogP) is 5.77. The third kappa shape index (κ3) is 2.99. The molecular formula is C24H22O3. The van der Waals surface area contributed by atoms with Crippen LogP contribution in [0.3, 0.4) is 0 Å². The van der Waals surface area contributed by atoms with Gasteiger partial charge in [0, 0.05) is 17.4 Å². The van der Waals surface area contributed by atoms with Gasteiger partial charge in [-0.2, -0.15) is 0 Å². The topological polar surface area (TPSA) is 39.4 Å². The van der Waals surface area contributed by atoms with Crippen molar-refractivity contribution in [2.45, 2.75) is 27.2 Å². The monoisotopic (exact) mass is 358 g/mol. The van der Waals surface area contributed by atoms with Crippen molar-refractivity contribution in [3.63, 3.8) is 0 Å². The lowest BCUT2D eigenvalue weighted by Crippen LogP contribution is -2.04. The Hall–Kier alpha value is -3.07. The van der Waals surface area contributed by atoms with Gasteiger partial charge >= 0.3 is 0 Å². The summed E-state index contributed by atoms with van der Waals surface area (Å²) in [6, 6.07) is 14.0. The minimum Gasteiger partial charge on any atom is -0.500 e. The summed E-state index contributed by atoms with van der Waals surface area (Å²) in [6.45, 7) is 6.16. The molecule has 136 valence electrons. The van der Waals surface area contributed by atoms with E-state index in [0.717, 1.165) is 33.4 Å². The molecule has 0 radical (unpaired) electrons. The molecule has 0 atom stereocenters. The van der Waals surface area contributed by atoms with Gasteiger partial charge in [-0.05, 0) is 55.7 Å². The Bertz CT molecular complexity index is 1070. The zero-order valence-electron chi connectivity index (χ0n) is 16.1. The van der Waals surface area contributed by atoms with Crippen LogP contribution in [0.15, 0.2) is 58.2 Å². The third-order valence-corrected chi connectivity index (χ3v) is 5.08. The van der Waals surface area contributed by atoms with Crippen LogP contribution in [0.1, 0.15) is 34.4 Å². The number of allylic oxidation sites excluding steroid dienone is 2. The summed E-state index contributed by atoms with van der Waals surface area (Å²) in [4.78, 5) is 13.2. The van der Waals surface area contributed by atoms with Crippen molar-refractivity contribution in [1.82, 2.24) is 0 Å². The fourth-order valence-corrected chi connectivity index (χ4v) is 3.99. The van der Waals surface area contributed by atoms with Crippen LogP contribution >= 0.6 is 0 Å². The highest BCUT2D eigenvalue weighted by Crippen LogP contribution is 2.39. The van der Waals surface area contributed by atoms with Gasteiger partial charge in [0.25, 0.3) is 0 Å². The van der Waals surface area contributed by atoms with Crippen LogP contribution in [-0.2, 0) is 9.53 Å². The normalized spacial score (nSPS) is 16.0. The molecule has 2 aromatic carbocycles. The molecule has 0 spiro atoms. The molecule has 0 aliphatic heterocycles. The lowest BCUT2D eigenvalue weighted by Gasteiger charge is -2.13. The number of ketones is 1. The Morgan fingerprint density at radius 3 is 2.41 bits per heavy atom. The number of benzene rings is 2. The van der Waals surface area contributed by atoms with Gasteiger partial charge in [0.05, 0.1) is 12.7 Å². The maximum Gasteiger partial charge on any atom is 0.193 e. The average Bonchev–Trinajstić information content (AvgIpc) is 3.16. The Morgan fingerprint density at radius 1 is 1.04 bits per heavy atom. The van der Waals surface area contributed by atoms with Gasteiger partial charge in [-0.1, -0.05) is 35.9 Å². The van der Waals surface area contributed by atoms with Crippen LogP contribution in [0.2, 0.25) is 0 Å². The molecule has 0 unspecified atom stereocenters. The highest BCUT2D eigenvalue weighted by molar-refractivity contribution is 6.33. The van der Waals surface area contributed by atoms with Crippen LogP contribution in [-0.4, -0.2) is 12.9 Å². The lowest BCUT2D eigenvalue weighted by molar-refractivity contribution is -0.110. The van der Waals surface area contributed by atoms with Crippen molar-refractivity contribution in [1.29, 1.82) is 0 Å². The first kappa shape index (κ1) is 17.3. The van der Waals surface area contributed by atoms with Gasteiger partial charge in [0.15, 0.2) is 5.78 Å². The molecule has 0 amide bonds. The predicted molar refractivity (Wildman–Crippen MR) is 108 cm³/mol. The molecule has 0 fully saturated rings. The number of hydrogen-bond donors (Lipinski definition) is 0. The second-order valence-electron chi connectivity index (χ2n) is 7.14. The first-order valence-electron chi connectivity index (χ1n) is 9.07. The van der Waals surface area contributed by atoms with Crippen molar-refractivity contribution in [2.75, 3.05) is 7.11 Å². The summed E-state index contributed by atoms with van der Waals surface area (Å²) in [5, 5.41) is 1.03. The van der Waals surface area contributed by atoms with Crippen LogP contribution in [0.5, 0.6) is 0 Å². The van der Waals surface area contributed by atoms with Gasteiger partial charge in [-0.25, -0.2) is 0 Å². The van der Waals surface area contributed by atoms with E-state index in [2.05, 4.69) is 19.1 Å². The Morgan fingerprint density at radius 2 is 1.74 bits per heavy atom. The maximum absolute atomic E-state index is 13.2. The Kier molecular flexibility index (Phi) is 4.23. The number of hydrogen-bond acceptors (Lipinski definition) is 3. The van der Waals surface area contributed by atoms with Crippen LogP contribution in [0.4, 0.5) is 0 Å². The van der Waals surface area contributed by atoms with Crippen molar-refractivity contribution >= 4 is 28.4 Å². The summed E-state index contributed by atoms with van der Waals surface area (Å²) in [5.74, 6) is 1.42. The van der Waals surface area contributed by atoms with E-state index in [4.69, 9.17) is 9.15 Å². The van der Waals surface area contributed by atoms with E-state index in [9.17, 15) is 4.79 Å². The molecule has 3 nitrogen and oxygen atoms in total. The quantitative estimate of drug-likeness (QED) is 0.558. The minimum absolute atomic E-state index is 0.0161. The van der Waals surface area contributed by atoms with Crippen molar-refractivity contribution in [3.8, 4) is 0 Å². The van der Waals surface area contributed by atoms with Gasteiger partial charge in [0.2, 0.25) is 0 Å². The van der Waals surface area contributed by atoms with Gasteiger partial charge in [0.1, 0.15) is 17.1 Å². The van der Waals surface area contributed by atoms with Crippen LogP contribution in [0, 0.1) is 20.8 Å². The summed E-state index contributed by atoms with van der Waals surface area (Å²) in [7, 11) is 1.63. The minimum atomic E-state index is 0.0161. The number of para-hydroxylation sites is 1. The number of carbonyl (C=O) groups excluding carboxylic acids is 1. The molecule has 27 heavy (non-hydrogen) atoms. The molecular weight excluding hydrogens is 336 g/mol. The fourth-order valence-electron chi connectivity index (χ4n) is 3.99. The summed E-state index contributed by atoms with van der Waals surface area (Å²) in [6.07, 6.45) is 2.32. The number of ether oxygens (including phenoxy) is 1. The van der Waals surface area contributed by atoms with E-state index in [0.29, 0.717) is 23.3 Å².